The van der Waals surface area contributed by atoms with Crippen molar-refractivity contribution in [2.45, 2.75) is 31.3 Å². The van der Waals surface area contributed by atoms with Gasteiger partial charge in [0.2, 0.25) is 0 Å². The van der Waals surface area contributed by atoms with Crippen LogP contribution in [0, 0.1) is 0 Å². The molecular formula is C21H23N3O3S. The number of nitrogens with zero attached hydrogens (tertiary/aromatic N) is 3. The molecule has 0 atom stereocenters. The Morgan fingerprint density at radius 2 is 1.82 bits per heavy atom. The molecule has 2 aromatic carbocycles. The summed E-state index contributed by atoms with van der Waals surface area (Å²) in [4.78, 5) is 11.7. The molecule has 0 bridgehead atoms. The maximum atomic E-state index is 11.7. The second kappa shape index (κ2) is 8.93. The highest BCUT2D eigenvalue weighted by Gasteiger charge is 2.15. The highest BCUT2D eigenvalue weighted by Crippen LogP contribution is 2.30. The minimum atomic E-state index is 0.0346. The molecule has 0 amide bonds. The number of hydrogen-bond donors (Lipinski definition) is 0. The fraction of sp³-hybridized carbons (Fsp3) is 0.286. The Morgan fingerprint density at radius 1 is 1.07 bits per heavy atom. The molecule has 3 aromatic rings. The van der Waals surface area contributed by atoms with Gasteiger partial charge >= 0.3 is 0 Å². The summed E-state index contributed by atoms with van der Waals surface area (Å²) < 4.78 is 12.7. The normalized spacial score (nSPS) is 10.7. The van der Waals surface area contributed by atoms with Crippen LogP contribution in [0.3, 0.4) is 0 Å². The molecule has 0 aliphatic heterocycles. The number of aromatic nitrogens is 3. The minimum Gasteiger partial charge on any atom is -0.497 e. The van der Waals surface area contributed by atoms with Crippen molar-refractivity contribution >= 4 is 17.5 Å². The van der Waals surface area contributed by atoms with E-state index in [1.165, 1.54) is 0 Å². The van der Waals surface area contributed by atoms with E-state index in [2.05, 4.69) is 21.7 Å². The Kier molecular flexibility index (Phi) is 6.36. The first-order valence-electron chi connectivity index (χ1n) is 8.95. The molecule has 0 saturated heterocycles. The van der Waals surface area contributed by atoms with Crippen molar-refractivity contribution < 1.29 is 14.3 Å². The molecule has 1 aromatic heterocycles. The van der Waals surface area contributed by atoms with Crippen LogP contribution in [0.5, 0.6) is 11.5 Å². The quantitative estimate of drug-likeness (QED) is 0.412. The predicted octanol–water partition coefficient (Wildman–Crippen LogP) is 4.48. The zero-order valence-corrected chi connectivity index (χ0v) is 17.2. The van der Waals surface area contributed by atoms with E-state index in [0.717, 1.165) is 40.2 Å². The van der Waals surface area contributed by atoms with E-state index in [-0.39, 0.29) is 5.78 Å². The highest BCUT2D eigenvalue weighted by atomic mass is 32.2. The van der Waals surface area contributed by atoms with Gasteiger partial charge in [0, 0.05) is 29.0 Å². The lowest BCUT2D eigenvalue weighted by Gasteiger charge is -2.11. The Morgan fingerprint density at radius 3 is 2.43 bits per heavy atom. The number of hydrogen-bond acceptors (Lipinski definition) is 6. The number of carbonyl (C=O) groups excluding carboxylic acids is 1. The van der Waals surface area contributed by atoms with Gasteiger partial charge in [-0.1, -0.05) is 11.8 Å². The highest BCUT2D eigenvalue weighted by molar-refractivity contribution is 7.98. The number of carbonyl (C=O) groups is 1. The molecule has 7 heteroatoms. The molecule has 1 heterocycles. The fourth-order valence-corrected chi connectivity index (χ4v) is 3.87. The second-order valence-corrected chi connectivity index (χ2v) is 7.09. The van der Waals surface area contributed by atoms with Gasteiger partial charge in [0.15, 0.2) is 16.8 Å². The van der Waals surface area contributed by atoms with Crippen LogP contribution in [0.4, 0.5) is 0 Å². The lowest BCUT2D eigenvalue weighted by atomic mass is 10.1. The molecule has 146 valence electrons. The number of ketones is 1. The van der Waals surface area contributed by atoms with E-state index in [1.807, 2.05) is 36.4 Å². The van der Waals surface area contributed by atoms with Gasteiger partial charge in [0.05, 0.1) is 14.2 Å². The molecular weight excluding hydrogens is 374 g/mol. The molecule has 28 heavy (non-hydrogen) atoms. The summed E-state index contributed by atoms with van der Waals surface area (Å²) in [6.45, 7) is 4.38. The Hall–Kier alpha value is -2.80. The summed E-state index contributed by atoms with van der Waals surface area (Å²) >= 11 is 1.57. The topological polar surface area (TPSA) is 66.2 Å². The van der Waals surface area contributed by atoms with Crippen LogP contribution < -0.4 is 9.47 Å². The van der Waals surface area contributed by atoms with Gasteiger partial charge in [-0.15, -0.1) is 10.2 Å². The van der Waals surface area contributed by atoms with E-state index in [0.29, 0.717) is 11.3 Å². The van der Waals surface area contributed by atoms with Crippen LogP contribution in [0.25, 0.3) is 11.4 Å². The number of Topliss-reactive ketones (excluding diaryl/α,β-unsaturated/α-hetero) is 1. The smallest absolute Gasteiger partial charge is 0.191 e. The summed E-state index contributed by atoms with van der Waals surface area (Å²) in [5.41, 5.74) is 2.61. The van der Waals surface area contributed by atoms with E-state index in [9.17, 15) is 4.79 Å². The van der Waals surface area contributed by atoms with E-state index in [1.54, 1.807) is 39.0 Å². The molecule has 6 nitrogen and oxygen atoms in total. The minimum absolute atomic E-state index is 0.0346. The molecule has 0 aliphatic carbocycles. The zero-order valence-electron chi connectivity index (χ0n) is 16.4. The van der Waals surface area contributed by atoms with E-state index in [4.69, 9.17) is 9.47 Å². The van der Waals surface area contributed by atoms with Crippen LogP contribution in [-0.2, 0) is 12.3 Å². The molecule has 0 N–H and O–H groups in total. The molecule has 0 aliphatic rings. The van der Waals surface area contributed by atoms with Gasteiger partial charge in [-0.05, 0) is 56.3 Å². The van der Waals surface area contributed by atoms with Crippen LogP contribution in [-0.4, -0.2) is 34.8 Å². The molecule has 0 unspecified atom stereocenters. The predicted molar refractivity (Wildman–Crippen MR) is 110 cm³/mol. The summed E-state index contributed by atoms with van der Waals surface area (Å²) in [6.07, 6.45) is 0. The van der Waals surface area contributed by atoms with Gasteiger partial charge in [0.1, 0.15) is 11.5 Å². The van der Waals surface area contributed by atoms with Gasteiger partial charge in [0.25, 0.3) is 0 Å². The fourth-order valence-electron chi connectivity index (χ4n) is 2.89. The zero-order chi connectivity index (χ0) is 20.1. The maximum Gasteiger partial charge on any atom is 0.191 e. The molecule has 0 radical (unpaired) electrons. The summed E-state index contributed by atoms with van der Waals surface area (Å²) in [6, 6.07) is 13.3. The number of methoxy groups -OCH3 is 2. The SMILES string of the molecule is CCn1c(SCc2cc(C(C)=O)ccc2OC)nnc1-c1ccc(OC)cc1. The van der Waals surface area contributed by atoms with Crippen molar-refractivity contribution in [2.24, 2.45) is 0 Å². The molecule has 3 rings (SSSR count). The summed E-state index contributed by atoms with van der Waals surface area (Å²) in [5, 5.41) is 9.57. The third-order valence-corrected chi connectivity index (χ3v) is 5.44. The van der Waals surface area contributed by atoms with Crippen molar-refractivity contribution in [3.63, 3.8) is 0 Å². The number of ether oxygens (including phenoxy) is 2. The van der Waals surface area contributed by atoms with Crippen LogP contribution in [0.1, 0.15) is 29.8 Å². The number of rotatable bonds is 8. The first kappa shape index (κ1) is 19.9. The Balaban J connectivity index is 1.85. The summed E-state index contributed by atoms with van der Waals surface area (Å²) in [5.74, 6) is 3.05. The average Bonchev–Trinajstić information content (AvgIpc) is 3.14. The van der Waals surface area contributed by atoms with Crippen molar-refractivity contribution in [3.05, 3.63) is 53.6 Å². The van der Waals surface area contributed by atoms with Gasteiger partial charge < -0.3 is 14.0 Å². The van der Waals surface area contributed by atoms with Gasteiger partial charge in [-0.3, -0.25) is 4.79 Å². The first-order chi connectivity index (χ1) is 13.6. The molecule has 0 saturated carbocycles. The third-order valence-electron chi connectivity index (χ3n) is 4.42. The third kappa shape index (κ3) is 4.20. The van der Waals surface area contributed by atoms with E-state index >= 15 is 0 Å². The van der Waals surface area contributed by atoms with Crippen molar-refractivity contribution in [1.82, 2.24) is 14.8 Å². The maximum absolute atomic E-state index is 11.7. The Labute approximate surface area is 168 Å². The number of benzene rings is 2. The first-order valence-corrected chi connectivity index (χ1v) is 9.94. The average molecular weight is 398 g/mol. The van der Waals surface area contributed by atoms with Crippen molar-refractivity contribution in [2.75, 3.05) is 14.2 Å². The summed E-state index contributed by atoms with van der Waals surface area (Å²) in [7, 11) is 3.28. The second-order valence-electron chi connectivity index (χ2n) is 6.15. The standard InChI is InChI=1S/C21H23N3O3S/c1-5-24-20(15-6-9-18(26-3)10-7-15)22-23-21(24)28-13-17-12-16(14(2)25)8-11-19(17)27-4/h6-12H,5,13H2,1-4H3. The monoisotopic (exact) mass is 397 g/mol. The van der Waals surface area contributed by atoms with Crippen LogP contribution in [0.15, 0.2) is 47.6 Å². The van der Waals surface area contributed by atoms with Crippen LogP contribution in [0.2, 0.25) is 0 Å². The van der Waals surface area contributed by atoms with Crippen molar-refractivity contribution in [3.8, 4) is 22.9 Å². The van der Waals surface area contributed by atoms with Gasteiger partial charge in [-0.2, -0.15) is 0 Å². The van der Waals surface area contributed by atoms with E-state index < -0.39 is 0 Å². The van der Waals surface area contributed by atoms with Crippen LogP contribution >= 0.6 is 11.8 Å². The lowest BCUT2D eigenvalue weighted by molar-refractivity contribution is 0.101. The molecule has 0 fully saturated rings. The Bertz CT molecular complexity index is 968. The van der Waals surface area contributed by atoms with Crippen molar-refractivity contribution in [1.29, 1.82) is 0 Å². The number of thioether (sulfide) groups is 1. The molecule has 0 spiro atoms. The van der Waals surface area contributed by atoms with Gasteiger partial charge in [-0.25, -0.2) is 0 Å². The largest absolute Gasteiger partial charge is 0.497 e. The lowest BCUT2D eigenvalue weighted by Crippen LogP contribution is -2.01.